The van der Waals surface area contributed by atoms with Crippen LogP contribution < -0.4 is 5.32 Å². The Morgan fingerprint density at radius 2 is 2.14 bits per heavy atom. The van der Waals surface area contributed by atoms with Crippen LogP contribution in [0.5, 0.6) is 5.75 Å². The molecule has 0 aliphatic rings. The van der Waals surface area contributed by atoms with Gasteiger partial charge in [-0.3, -0.25) is 0 Å². The number of halogens is 1. The second-order valence-corrected chi connectivity index (χ2v) is 3.45. The fraction of sp³-hybridized carbons (Fsp3) is 0.400. The van der Waals surface area contributed by atoms with Crippen molar-refractivity contribution in [1.82, 2.24) is 5.32 Å². The summed E-state index contributed by atoms with van der Waals surface area (Å²) < 4.78 is 0. The van der Waals surface area contributed by atoms with Gasteiger partial charge in [-0.15, -0.1) is 0 Å². The normalized spacial score (nSPS) is 10.4. The molecule has 1 aromatic carbocycles. The lowest BCUT2D eigenvalue weighted by molar-refractivity contribution is 0.286. The first-order valence-corrected chi connectivity index (χ1v) is 4.91. The Bertz CT molecular complexity index is 291. The van der Waals surface area contributed by atoms with E-state index in [1.807, 2.05) is 6.07 Å². The molecule has 0 amide bonds. The van der Waals surface area contributed by atoms with E-state index in [9.17, 15) is 0 Å². The largest absolute Gasteiger partial charge is 0.506 e. The summed E-state index contributed by atoms with van der Waals surface area (Å²) in [6.07, 6.45) is 0.742. The van der Waals surface area contributed by atoms with Gasteiger partial charge in [-0.2, -0.15) is 0 Å². The van der Waals surface area contributed by atoms with E-state index in [4.69, 9.17) is 21.8 Å². The molecule has 4 heteroatoms. The zero-order chi connectivity index (χ0) is 10.4. The molecular weight excluding hydrogens is 202 g/mol. The number of aromatic hydroxyl groups is 1. The molecule has 0 aromatic heterocycles. The maximum Gasteiger partial charge on any atom is 0.134 e. The van der Waals surface area contributed by atoms with Crippen LogP contribution in [0.4, 0.5) is 0 Å². The van der Waals surface area contributed by atoms with Crippen molar-refractivity contribution < 1.29 is 10.2 Å². The van der Waals surface area contributed by atoms with Crippen molar-refractivity contribution in [2.75, 3.05) is 13.2 Å². The molecule has 0 heterocycles. The number of hydrogen-bond acceptors (Lipinski definition) is 3. The molecule has 0 aliphatic carbocycles. The molecule has 0 unspecified atom stereocenters. The molecule has 78 valence electrons. The van der Waals surface area contributed by atoms with Crippen LogP contribution in [0.25, 0.3) is 0 Å². The molecule has 14 heavy (non-hydrogen) atoms. The van der Waals surface area contributed by atoms with Gasteiger partial charge in [-0.25, -0.2) is 0 Å². The van der Waals surface area contributed by atoms with E-state index >= 15 is 0 Å². The molecule has 0 fully saturated rings. The highest BCUT2D eigenvalue weighted by molar-refractivity contribution is 6.32. The van der Waals surface area contributed by atoms with E-state index in [1.165, 1.54) is 0 Å². The second kappa shape index (κ2) is 5.86. The molecule has 0 spiro atoms. The Balaban J connectivity index is 2.39. The minimum atomic E-state index is 0.103. The fourth-order valence-electron chi connectivity index (χ4n) is 1.10. The maximum atomic E-state index is 9.17. The highest BCUT2D eigenvalue weighted by Crippen LogP contribution is 2.23. The van der Waals surface area contributed by atoms with Crippen molar-refractivity contribution in [1.29, 1.82) is 0 Å². The summed E-state index contributed by atoms with van der Waals surface area (Å²) in [7, 11) is 0. The number of phenolic OH excluding ortho intramolecular Hbond substituents is 1. The number of benzene rings is 1. The molecular formula is C10H14ClNO2. The summed E-state index contributed by atoms with van der Waals surface area (Å²) in [4.78, 5) is 0. The number of aliphatic hydroxyl groups is 1. The van der Waals surface area contributed by atoms with E-state index in [0.717, 1.165) is 18.5 Å². The lowest BCUT2D eigenvalue weighted by Gasteiger charge is -2.04. The van der Waals surface area contributed by atoms with Crippen LogP contribution in [-0.4, -0.2) is 23.4 Å². The molecule has 0 bridgehead atoms. The van der Waals surface area contributed by atoms with E-state index in [2.05, 4.69) is 5.32 Å². The molecule has 1 aromatic rings. The van der Waals surface area contributed by atoms with Crippen molar-refractivity contribution in [3.63, 3.8) is 0 Å². The van der Waals surface area contributed by atoms with E-state index in [-0.39, 0.29) is 12.4 Å². The van der Waals surface area contributed by atoms with E-state index in [0.29, 0.717) is 11.6 Å². The predicted octanol–water partition coefficient (Wildman–Crippen LogP) is 1.52. The standard InChI is InChI=1S/C10H14ClNO2/c11-9-6-8(2-3-10(9)14)7-12-4-1-5-13/h2-3,6,12-14H,1,4-5,7H2. The van der Waals surface area contributed by atoms with Crippen LogP contribution >= 0.6 is 11.6 Å². The molecule has 1 rings (SSSR count). The first kappa shape index (κ1) is 11.3. The van der Waals surface area contributed by atoms with Crippen LogP contribution in [0.15, 0.2) is 18.2 Å². The third-order valence-electron chi connectivity index (χ3n) is 1.85. The smallest absolute Gasteiger partial charge is 0.134 e. The summed E-state index contributed by atoms with van der Waals surface area (Å²) >= 11 is 5.74. The van der Waals surface area contributed by atoms with Gasteiger partial charge in [0.05, 0.1) is 5.02 Å². The molecule has 0 aliphatic heterocycles. The Morgan fingerprint density at radius 1 is 1.36 bits per heavy atom. The number of phenols is 1. The molecule has 3 N–H and O–H groups in total. The van der Waals surface area contributed by atoms with Gasteiger partial charge in [0.25, 0.3) is 0 Å². The van der Waals surface area contributed by atoms with Gasteiger partial charge in [0.15, 0.2) is 0 Å². The SMILES string of the molecule is OCCCNCc1ccc(O)c(Cl)c1. The van der Waals surface area contributed by atoms with Crippen LogP contribution in [-0.2, 0) is 6.54 Å². The molecule has 0 saturated carbocycles. The van der Waals surface area contributed by atoms with Gasteiger partial charge in [0, 0.05) is 13.2 Å². The summed E-state index contributed by atoms with van der Waals surface area (Å²) in [6.45, 7) is 1.67. The maximum absolute atomic E-state index is 9.17. The topological polar surface area (TPSA) is 52.5 Å². The summed E-state index contributed by atoms with van der Waals surface area (Å²) in [5, 5.41) is 21.2. The quantitative estimate of drug-likeness (QED) is 0.653. The van der Waals surface area contributed by atoms with Gasteiger partial charge >= 0.3 is 0 Å². The number of hydrogen-bond donors (Lipinski definition) is 3. The number of rotatable bonds is 5. The van der Waals surface area contributed by atoms with Gasteiger partial charge in [-0.05, 0) is 30.7 Å². The fourth-order valence-corrected chi connectivity index (χ4v) is 1.30. The van der Waals surface area contributed by atoms with Crippen LogP contribution in [0, 0.1) is 0 Å². The zero-order valence-electron chi connectivity index (χ0n) is 7.83. The van der Waals surface area contributed by atoms with Crippen molar-refractivity contribution in [3.8, 4) is 5.75 Å². The predicted molar refractivity (Wildman–Crippen MR) is 56.5 cm³/mol. The highest BCUT2D eigenvalue weighted by atomic mass is 35.5. The minimum absolute atomic E-state index is 0.103. The van der Waals surface area contributed by atoms with Crippen molar-refractivity contribution in [3.05, 3.63) is 28.8 Å². The number of aliphatic hydroxyl groups excluding tert-OH is 1. The van der Waals surface area contributed by atoms with Gasteiger partial charge < -0.3 is 15.5 Å². The van der Waals surface area contributed by atoms with Crippen molar-refractivity contribution >= 4 is 11.6 Å². The van der Waals surface area contributed by atoms with Crippen LogP contribution in [0.1, 0.15) is 12.0 Å². The van der Waals surface area contributed by atoms with Crippen LogP contribution in [0.3, 0.4) is 0 Å². The van der Waals surface area contributed by atoms with Gasteiger partial charge in [0.1, 0.15) is 5.75 Å². The molecule has 0 atom stereocenters. The average Bonchev–Trinajstić information content (AvgIpc) is 2.18. The number of nitrogens with one attached hydrogen (secondary N) is 1. The Hall–Kier alpha value is -0.770. The molecule has 0 saturated heterocycles. The van der Waals surface area contributed by atoms with Crippen molar-refractivity contribution in [2.24, 2.45) is 0 Å². The first-order valence-electron chi connectivity index (χ1n) is 4.53. The van der Waals surface area contributed by atoms with Crippen molar-refractivity contribution in [2.45, 2.75) is 13.0 Å². The lowest BCUT2D eigenvalue weighted by Crippen LogP contribution is -2.15. The minimum Gasteiger partial charge on any atom is -0.506 e. The van der Waals surface area contributed by atoms with E-state index < -0.39 is 0 Å². The molecule has 0 radical (unpaired) electrons. The summed E-state index contributed by atoms with van der Waals surface area (Å²) in [6, 6.07) is 5.11. The van der Waals surface area contributed by atoms with Gasteiger partial charge in [0.2, 0.25) is 0 Å². The second-order valence-electron chi connectivity index (χ2n) is 3.04. The third kappa shape index (κ3) is 3.54. The lowest BCUT2D eigenvalue weighted by atomic mass is 10.2. The Morgan fingerprint density at radius 3 is 2.79 bits per heavy atom. The monoisotopic (exact) mass is 215 g/mol. The molecule has 3 nitrogen and oxygen atoms in total. The highest BCUT2D eigenvalue weighted by Gasteiger charge is 1.99. The summed E-state index contributed by atoms with van der Waals surface area (Å²) in [5.74, 6) is 0.103. The zero-order valence-corrected chi connectivity index (χ0v) is 8.59. The summed E-state index contributed by atoms with van der Waals surface area (Å²) in [5.41, 5.74) is 1.02. The van der Waals surface area contributed by atoms with Gasteiger partial charge in [-0.1, -0.05) is 17.7 Å². The van der Waals surface area contributed by atoms with E-state index in [1.54, 1.807) is 12.1 Å². The first-order chi connectivity index (χ1) is 6.74. The Kier molecular flexibility index (Phi) is 4.73. The Labute approximate surface area is 88.3 Å². The van der Waals surface area contributed by atoms with Crippen LogP contribution in [0.2, 0.25) is 5.02 Å². The third-order valence-corrected chi connectivity index (χ3v) is 2.16. The average molecular weight is 216 g/mol.